The molecule has 5 heteroatoms. The fraction of sp³-hybridized carbons (Fsp3) is 0.556. The first-order valence-electron chi connectivity index (χ1n) is 12.0. The maximum Gasteiger partial charge on any atom is 0.119 e. The molecule has 2 aromatic rings. The third kappa shape index (κ3) is 6.47. The van der Waals surface area contributed by atoms with Crippen LogP contribution in [-0.2, 0) is 6.54 Å². The minimum absolute atomic E-state index is 0.336. The van der Waals surface area contributed by atoms with E-state index >= 15 is 0 Å². The van der Waals surface area contributed by atoms with Crippen LogP contribution < -0.4 is 9.47 Å². The van der Waals surface area contributed by atoms with Crippen molar-refractivity contribution in [3.05, 3.63) is 59.7 Å². The lowest BCUT2D eigenvalue weighted by atomic mass is 9.85. The van der Waals surface area contributed by atoms with Crippen LogP contribution in [0.1, 0.15) is 56.1 Å². The van der Waals surface area contributed by atoms with E-state index in [9.17, 15) is 10.2 Å². The molecule has 0 unspecified atom stereocenters. The monoisotopic (exact) mass is 439 g/mol. The lowest BCUT2D eigenvalue weighted by molar-refractivity contribution is -0.0537. The molecule has 1 aliphatic carbocycles. The summed E-state index contributed by atoms with van der Waals surface area (Å²) in [5.41, 5.74) is 1.00. The molecule has 0 radical (unpaired) electrons. The van der Waals surface area contributed by atoms with Gasteiger partial charge in [0.25, 0.3) is 0 Å². The average Bonchev–Trinajstić information content (AvgIpc) is 2.81. The van der Waals surface area contributed by atoms with E-state index in [0.717, 1.165) is 56.8 Å². The summed E-state index contributed by atoms with van der Waals surface area (Å²) in [5, 5.41) is 21.5. The Hall–Kier alpha value is -2.08. The summed E-state index contributed by atoms with van der Waals surface area (Å²) in [6.45, 7) is 5.32. The predicted molar refractivity (Wildman–Crippen MR) is 126 cm³/mol. The summed E-state index contributed by atoms with van der Waals surface area (Å²) < 4.78 is 11.7. The number of aliphatic hydroxyl groups is 2. The van der Waals surface area contributed by atoms with Crippen LogP contribution in [0.4, 0.5) is 0 Å². The van der Waals surface area contributed by atoms with Crippen LogP contribution in [0.15, 0.2) is 48.5 Å². The molecular formula is C27H37NO4. The highest BCUT2D eigenvalue weighted by Gasteiger charge is 2.33. The van der Waals surface area contributed by atoms with Crippen LogP contribution in [0.25, 0.3) is 0 Å². The summed E-state index contributed by atoms with van der Waals surface area (Å²) in [6.07, 6.45) is 6.47. The lowest BCUT2D eigenvalue weighted by Gasteiger charge is -2.38. The van der Waals surface area contributed by atoms with Gasteiger partial charge in [0.2, 0.25) is 0 Å². The topological polar surface area (TPSA) is 62.2 Å². The van der Waals surface area contributed by atoms with Gasteiger partial charge in [0.15, 0.2) is 0 Å². The first-order valence-corrected chi connectivity index (χ1v) is 12.0. The Morgan fingerprint density at radius 3 is 1.78 bits per heavy atom. The smallest absolute Gasteiger partial charge is 0.119 e. The number of likely N-dealkylation sites (tertiary alicyclic amines) is 1. The number of ether oxygens (including phenoxy) is 2. The molecule has 1 saturated heterocycles. The maximum absolute atomic E-state index is 10.9. The number of rotatable bonds is 8. The molecule has 0 atom stereocenters. The highest BCUT2D eigenvalue weighted by Crippen LogP contribution is 2.29. The second-order valence-electron chi connectivity index (χ2n) is 9.82. The van der Waals surface area contributed by atoms with Crippen molar-refractivity contribution in [2.24, 2.45) is 0 Å². The van der Waals surface area contributed by atoms with Crippen molar-refractivity contribution in [2.75, 3.05) is 26.3 Å². The van der Waals surface area contributed by atoms with Crippen LogP contribution in [0.5, 0.6) is 11.5 Å². The SMILES string of the molecule is Cc1ccc(OCC2(O)CCN(Cc3ccc(OCC4(O)CCCCC4)cc3)CC2)cc1. The molecule has 0 amide bonds. The minimum atomic E-state index is -0.765. The molecular weight excluding hydrogens is 402 g/mol. The van der Waals surface area contributed by atoms with Crippen LogP contribution in [0.2, 0.25) is 0 Å². The fourth-order valence-corrected chi connectivity index (χ4v) is 4.65. The molecule has 1 saturated carbocycles. The van der Waals surface area contributed by atoms with E-state index in [1.807, 2.05) is 36.4 Å². The molecule has 2 fully saturated rings. The van der Waals surface area contributed by atoms with Gasteiger partial charge in [0.05, 0.1) is 5.60 Å². The van der Waals surface area contributed by atoms with Crippen molar-refractivity contribution < 1.29 is 19.7 Å². The van der Waals surface area contributed by atoms with Crippen LogP contribution in [0, 0.1) is 6.92 Å². The van der Waals surface area contributed by atoms with Crippen LogP contribution in [0.3, 0.4) is 0 Å². The maximum atomic E-state index is 10.9. The Morgan fingerprint density at radius 1 is 0.719 bits per heavy atom. The number of hydrogen-bond donors (Lipinski definition) is 2. The Morgan fingerprint density at radius 2 is 1.22 bits per heavy atom. The van der Waals surface area contributed by atoms with Crippen LogP contribution >= 0.6 is 0 Å². The quantitative estimate of drug-likeness (QED) is 0.635. The molecule has 174 valence electrons. The summed E-state index contributed by atoms with van der Waals surface area (Å²) in [7, 11) is 0. The first-order chi connectivity index (χ1) is 15.4. The summed E-state index contributed by atoms with van der Waals surface area (Å²) in [5.74, 6) is 1.62. The second kappa shape index (κ2) is 10.2. The van der Waals surface area contributed by atoms with Crippen molar-refractivity contribution in [1.29, 1.82) is 0 Å². The Balaban J connectivity index is 1.20. The highest BCUT2D eigenvalue weighted by molar-refractivity contribution is 5.28. The molecule has 2 aliphatic rings. The van der Waals surface area contributed by atoms with E-state index in [0.29, 0.717) is 26.1 Å². The van der Waals surface area contributed by atoms with Gasteiger partial charge in [-0.2, -0.15) is 0 Å². The van der Waals surface area contributed by atoms with Gasteiger partial charge in [-0.15, -0.1) is 0 Å². The van der Waals surface area contributed by atoms with E-state index in [2.05, 4.69) is 24.0 Å². The van der Waals surface area contributed by atoms with Gasteiger partial charge in [-0.3, -0.25) is 4.90 Å². The largest absolute Gasteiger partial charge is 0.491 e. The van der Waals surface area contributed by atoms with Gasteiger partial charge in [-0.25, -0.2) is 0 Å². The molecule has 32 heavy (non-hydrogen) atoms. The number of benzene rings is 2. The third-order valence-corrected chi connectivity index (χ3v) is 6.94. The Bertz CT molecular complexity index is 835. The third-order valence-electron chi connectivity index (χ3n) is 6.94. The first kappa shape index (κ1) is 23.1. The average molecular weight is 440 g/mol. The van der Waals surface area contributed by atoms with E-state index in [1.165, 1.54) is 17.5 Å². The lowest BCUT2D eigenvalue weighted by Crippen LogP contribution is -2.47. The summed E-state index contributed by atoms with van der Waals surface area (Å²) in [6, 6.07) is 16.2. The predicted octanol–water partition coefficient (Wildman–Crippen LogP) is 4.47. The van der Waals surface area contributed by atoms with E-state index < -0.39 is 11.2 Å². The molecule has 1 aliphatic heterocycles. The van der Waals surface area contributed by atoms with Gasteiger partial charge in [-0.05, 0) is 62.4 Å². The van der Waals surface area contributed by atoms with Gasteiger partial charge in [-0.1, -0.05) is 49.1 Å². The van der Waals surface area contributed by atoms with Crippen molar-refractivity contribution in [3.63, 3.8) is 0 Å². The zero-order valence-corrected chi connectivity index (χ0v) is 19.3. The molecule has 1 heterocycles. The molecule has 4 rings (SSSR count). The Labute approximate surface area is 192 Å². The highest BCUT2D eigenvalue weighted by atomic mass is 16.5. The van der Waals surface area contributed by atoms with Crippen molar-refractivity contribution >= 4 is 0 Å². The van der Waals surface area contributed by atoms with Gasteiger partial charge >= 0.3 is 0 Å². The zero-order valence-electron chi connectivity index (χ0n) is 19.3. The molecule has 5 nitrogen and oxygen atoms in total. The normalized spacial score (nSPS) is 20.6. The van der Waals surface area contributed by atoms with E-state index in [1.54, 1.807) is 0 Å². The zero-order chi connectivity index (χ0) is 22.4. The molecule has 2 N–H and O–H groups in total. The number of piperidine rings is 1. The van der Waals surface area contributed by atoms with Crippen molar-refractivity contribution in [3.8, 4) is 11.5 Å². The standard InChI is InChI=1S/C27H37NO4/c1-22-5-9-24(10-6-22)32-21-27(30)15-17-28(18-16-27)19-23-7-11-25(12-8-23)31-20-26(29)13-3-2-4-14-26/h5-12,29-30H,2-4,13-21H2,1H3. The molecule has 0 bridgehead atoms. The van der Waals surface area contributed by atoms with Crippen LogP contribution in [-0.4, -0.2) is 52.6 Å². The fourth-order valence-electron chi connectivity index (χ4n) is 4.65. The number of nitrogens with zero attached hydrogens (tertiary/aromatic N) is 1. The minimum Gasteiger partial charge on any atom is -0.491 e. The van der Waals surface area contributed by atoms with E-state index in [-0.39, 0.29) is 0 Å². The van der Waals surface area contributed by atoms with Crippen molar-refractivity contribution in [1.82, 2.24) is 4.90 Å². The number of hydrogen-bond acceptors (Lipinski definition) is 5. The molecule has 0 spiro atoms. The Kier molecular flexibility index (Phi) is 7.39. The summed E-state index contributed by atoms with van der Waals surface area (Å²) in [4.78, 5) is 2.38. The number of aryl methyl sites for hydroxylation is 1. The van der Waals surface area contributed by atoms with Gasteiger partial charge in [0, 0.05) is 19.6 Å². The van der Waals surface area contributed by atoms with Crippen molar-refractivity contribution in [2.45, 2.75) is 69.6 Å². The van der Waals surface area contributed by atoms with Gasteiger partial charge < -0.3 is 19.7 Å². The molecule has 0 aromatic heterocycles. The van der Waals surface area contributed by atoms with E-state index in [4.69, 9.17) is 9.47 Å². The second-order valence-corrected chi connectivity index (χ2v) is 9.82. The molecule has 2 aromatic carbocycles. The van der Waals surface area contributed by atoms with Gasteiger partial charge in [0.1, 0.15) is 30.3 Å². The summed E-state index contributed by atoms with van der Waals surface area (Å²) >= 11 is 0.